The molecule has 13 heavy (non-hydrogen) atoms. The lowest BCUT2D eigenvalue weighted by atomic mass is 10.0. The van der Waals surface area contributed by atoms with Crippen molar-refractivity contribution in [2.45, 2.75) is 25.0 Å². The number of ketones is 1. The van der Waals surface area contributed by atoms with Crippen molar-refractivity contribution in [2.75, 3.05) is 0 Å². The molecule has 66 valence electrons. The highest BCUT2D eigenvalue weighted by molar-refractivity contribution is 5.98. The van der Waals surface area contributed by atoms with E-state index in [0.29, 0.717) is 12.5 Å². The molecule has 0 spiro atoms. The van der Waals surface area contributed by atoms with E-state index in [1.807, 2.05) is 24.3 Å². The van der Waals surface area contributed by atoms with Crippen LogP contribution in [0.3, 0.4) is 0 Å². The van der Waals surface area contributed by atoms with Crippen LogP contribution in [0.2, 0.25) is 0 Å². The Balaban J connectivity index is 2.15. The highest BCUT2D eigenvalue weighted by atomic mass is 16.6. The van der Waals surface area contributed by atoms with Crippen LogP contribution in [0.15, 0.2) is 24.3 Å². The van der Waals surface area contributed by atoms with E-state index in [-0.39, 0.29) is 11.9 Å². The van der Waals surface area contributed by atoms with E-state index in [4.69, 9.17) is 4.74 Å². The topological polar surface area (TPSA) is 29.6 Å². The maximum absolute atomic E-state index is 11.6. The minimum Gasteiger partial charge on any atom is -0.364 e. The summed E-state index contributed by atoms with van der Waals surface area (Å²) in [6.45, 7) is 0. The Morgan fingerprint density at radius 2 is 2.15 bits per heavy atom. The molecule has 2 nitrogen and oxygen atoms in total. The molecule has 0 amide bonds. The number of epoxide rings is 1. The Kier molecular flexibility index (Phi) is 1.35. The average molecular weight is 174 g/mol. The van der Waals surface area contributed by atoms with E-state index in [2.05, 4.69) is 0 Å². The Morgan fingerprint density at radius 3 is 3.08 bits per heavy atom. The molecule has 0 radical (unpaired) electrons. The van der Waals surface area contributed by atoms with Gasteiger partial charge < -0.3 is 4.74 Å². The first-order valence-corrected chi connectivity index (χ1v) is 4.64. The normalized spacial score (nSPS) is 30.3. The molecule has 1 aliphatic carbocycles. The Morgan fingerprint density at radius 1 is 1.31 bits per heavy atom. The summed E-state index contributed by atoms with van der Waals surface area (Å²) in [5.41, 5.74) is 1.96. The van der Waals surface area contributed by atoms with E-state index in [1.54, 1.807) is 0 Å². The molecule has 0 bridgehead atoms. The van der Waals surface area contributed by atoms with E-state index >= 15 is 0 Å². The van der Waals surface area contributed by atoms with Crippen LogP contribution >= 0.6 is 0 Å². The lowest BCUT2D eigenvalue weighted by Gasteiger charge is -2.02. The van der Waals surface area contributed by atoms with Gasteiger partial charge in [0.1, 0.15) is 6.10 Å². The zero-order valence-corrected chi connectivity index (χ0v) is 7.19. The van der Waals surface area contributed by atoms with Crippen LogP contribution in [-0.2, 0) is 4.74 Å². The molecule has 1 heterocycles. The maximum atomic E-state index is 11.6. The molecule has 3 rings (SSSR count). The SMILES string of the molecule is O=C1CCC2OC2c2ccccc21. The van der Waals surface area contributed by atoms with Crippen LogP contribution in [-0.4, -0.2) is 11.9 Å². The second-order valence-corrected chi connectivity index (χ2v) is 3.64. The first-order valence-electron chi connectivity index (χ1n) is 4.64. The molecule has 1 aliphatic heterocycles. The summed E-state index contributed by atoms with van der Waals surface area (Å²) in [5.74, 6) is 0.270. The van der Waals surface area contributed by atoms with Crippen LogP contribution in [0, 0.1) is 0 Å². The van der Waals surface area contributed by atoms with Gasteiger partial charge in [-0.15, -0.1) is 0 Å². The van der Waals surface area contributed by atoms with Gasteiger partial charge in [0.05, 0.1) is 6.10 Å². The van der Waals surface area contributed by atoms with Gasteiger partial charge in [-0.1, -0.05) is 24.3 Å². The fourth-order valence-electron chi connectivity index (χ4n) is 2.04. The third kappa shape index (κ3) is 1.02. The fraction of sp³-hybridized carbons (Fsp3) is 0.364. The van der Waals surface area contributed by atoms with Gasteiger partial charge in [-0.25, -0.2) is 0 Å². The summed E-state index contributed by atoms with van der Waals surface area (Å²) in [6.07, 6.45) is 2.05. The van der Waals surface area contributed by atoms with E-state index in [0.717, 1.165) is 17.5 Å². The molecule has 0 aromatic heterocycles. The molecule has 1 fully saturated rings. The monoisotopic (exact) mass is 174 g/mol. The maximum Gasteiger partial charge on any atom is 0.163 e. The molecule has 1 saturated heterocycles. The highest BCUT2D eigenvalue weighted by Crippen LogP contribution is 2.45. The zero-order valence-electron chi connectivity index (χ0n) is 7.19. The van der Waals surface area contributed by atoms with Gasteiger partial charge in [-0.3, -0.25) is 4.79 Å². The van der Waals surface area contributed by atoms with Crippen LogP contribution in [0.25, 0.3) is 0 Å². The predicted molar refractivity (Wildman–Crippen MR) is 47.6 cm³/mol. The molecule has 2 aliphatic rings. The van der Waals surface area contributed by atoms with Gasteiger partial charge in [0.25, 0.3) is 0 Å². The van der Waals surface area contributed by atoms with E-state index in [9.17, 15) is 4.79 Å². The van der Waals surface area contributed by atoms with Crippen molar-refractivity contribution < 1.29 is 9.53 Å². The van der Waals surface area contributed by atoms with Crippen molar-refractivity contribution in [1.82, 2.24) is 0 Å². The molecule has 1 aromatic rings. The summed E-state index contributed by atoms with van der Waals surface area (Å²) >= 11 is 0. The minimum absolute atomic E-state index is 0.211. The zero-order chi connectivity index (χ0) is 8.84. The Labute approximate surface area is 76.5 Å². The predicted octanol–water partition coefficient (Wildman–Crippen LogP) is 2.10. The van der Waals surface area contributed by atoms with E-state index < -0.39 is 0 Å². The average Bonchev–Trinajstić information content (AvgIpc) is 2.92. The first-order chi connectivity index (χ1) is 6.36. The van der Waals surface area contributed by atoms with Gasteiger partial charge in [0.15, 0.2) is 5.78 Å². The number of Topliss-reactive ketones (excluding diaryl/α,β-unsaturated/α-hetero) is 1. The minimum atomic E-state index is 0.211. The third-order valence-corrected chi connectivity index (χ3v) is 2.81. The smallest absolute Gasteiger partial charge is 0.163 e. The number of carbonyl (C=O) groups is 1. The molecular weight excluding hydrogens is 164 g/mol. The van der Waals surface area contributed by atoms with Crippen molar-refractivity contribution in [3.8, 4) is 0 Å². The lowest BCUT2D eigenvalue weighted by Crippen LogP contribution is -2.00. The number of benzene rings is 1. The first kappa shape index (κ1) is 7.27. The van der Waals surface area contributed by atoms with Crippen LogP contribution < -0.4 is 0 Å². The fourth-order valence-corrected chi connectivity index (χ4v) is 2.04. The van der Waals surface area contributed by atoms with Gasteiger partial charge in [-0.05, 0) is 12.0 Å². The molecule has 0 N–H and O–H groups in total. The van der Waals surface area contributed by atoms with Crippen molar-refractivity contribution >= 4 is 5.78 Å². The largest absolute Gasteiger partial charge is 0.364 e. The Hall–Kier alpha value is -1.15. The number of ether oxygens (including phenoxy) is 1. The lowest BCUT2D eigenvalue weighted by molar-refractivity contribution is 0.0975. The number of hydrogen-bond donors (Lipinski definition) is 0. The summed E-state index contributed by atoms with van der Waals surface area (Å²) in [7, 11) is 0. The molecule has 0 saturated carbocycles. The summed E-state index contributed by atoms with van der Waals surface area (Å²) in [5, 5.41) is 0. The summed E-state index contributed by atoms with van der Waals surface area (Å²) in [4.78, 5) is 11.6. The van der Waals surface area contributed by atoms with Gasteiger partial charge >= 0.3 is 0 Å². The number of rotatable bonds is 0. The molecule has 2 atom stereocenters. The van der Waals surface area contributed by atoms with Gasteiger partial charge in [0, 0.05) is 12.0 Å². The standard InChI is InChI=1S/C11H10O2/c12-9-5-6-10-11(13-10)8-4-2-1-3-7(8)9/h1-4,10-11H,5-6H2. The van der Waals surface area contributed by atoms with Crippen molar-refractivity contribution in [1.29, 1.82) is 0 Å². The quantitative estimate of drug-likeness (QED) is 0.564. The second-order valence-electron chi connectivity index (χ2n) is 3.64. The number of fused-ring (bicyclic) bond motifs is 3. The number of carbonyl (C=O) groups excluding carboxylic acids is 1. The van der Waals surface area contributed by atoms with Crippen molar-refractivity contribution in [3.63, 3.8) is 0 Å². The molecular formula is C11H10O2. The van der Waals surface area contributed by atoms with Gasteiger partial charge in [-0.2, -0.15) is 0 Å². The third-order valence-electron chi connectivity index (χ3n) is 2.81. The molecule has 2 unspecified atom stereocenters. The molecule has 2 heteroatoms. The highest BCUT2D eigenvalue weighted by Gasteiger charge is 2.43. The van der Waals surface area contributed by atoms with Crippen LogP contribution in [0.5, 0.6) is 0 Å². The van der Waals surface area contributed by atoms with Crippen LogP contribution in [0.4, 0.5) is 0 Å². The van der Waals surface area contributed by atoms with Crippen molar-refractivity contribution in [3.05, 3.63) is 35.4 Å². The van der Waals surface area contributed by atoms with Crippen LogP contribution in [0.1, 0.15) is 34.9 Å². The Bertz CT molecular complexity index is 370. The van der Waals surface area contributed by atoms with E-state index in [1.165, 1.54) is 0 Å². The molecule has 1 aromatic carbocycles. The summed E-state index contributed by atoms with van der Waals surface area (Å²) in [6, 6.07) is 7.79. The summed E-state index contributed by atoms with van der Waals surface area (Å²) < 4.78 is 5.48. The van der Waals surface area contributed by atoms with Gasteiger partial charge in [0.2, 0.25) is 0 Å². The van der Waals surface area contributed by atoms with Crippen molar-refractivity contribution in [2.24, 2.45) is 0 Å². The number of hydrogen-bond acceptors (Lipinski definition) is 2. The second kappa shape index (κ2) is 2.42.